The Morgan fingerprint density at radius 2 is 1.94 bits per heavy atom. The lowest BCUT2D eigenvalue weighted by Gasteiger charge is -2.12. The summed E-state index contributed by atoms with van der Waals surface area (Å²) in [4.78, 5) is 23.0. The van der Waals surface area contributed by atoms with Gasteiger partial charge in [-0.1, -0.05) is 6.07 Å². The van der Waals surface area contributed by atoms with Crippen molar-refractivity contribution in [2.45, 2.75) is 13.5 Å². The minimum absolute atomic E-state index is 0.0139. The first kappa shape index (κ1) is 26.2. The van der Waals surface area contributed by atoms with Crippen LogP contribution in [0.1, 0.15) is 18.1 Å². The van der Waals surface area contributed by atoms with E-state index < -0.39 is 10.8 Å². The van der Waals surface area contributed by atoms with Gasteiger partial charge in [0.2, 0.25) is 0 Å². The normalized spacial score (nSPS) is 10.9. The summed E-state index contributed by atoms with van der Waals surface area (Å²) in [6.45, 7) is 2.59. The molecule has 0 aliphatic heterocycles. The number of nitrogens with zero attached hydrogens (tertiary/aromatic N) is 2. The van der Waals surface area contributed by atoms with Gasteiger partial charge in [0.05, 0.1) is 19.6 Å². The van der Waals surface area contributed by atoms with Gasteiger partial charge in [0.25, 0.3) is 11.6 Å². The molecule has 1 amide bonds. The summed E-state index contributed by atoms with van der Waals surface area (Å²) >= 11 is 5.59. The fourth-order valence-electron chi connectivity index (χ4n) is 3.01. The molecule has 0 aromatic heterocycles. The molecular weight excluding hydrogens is 629 g/mol. The lowest BCUT2D eigenvalue weighted by atomic mass is 10.1. The minimum atomic E-state index is -0.536. The number of rotatable bonds is 9. The van der Waals surface area contributed by atoms with Crippen LogP contribution in [0.15, 0.2) is 70.7 Å². The summed E-state index contributed by atoms with van der Waals surface area (Å²) in [6, 6.07) is 18.5. The number of hydrogen-bond donors (Lipinski definition) is 1. The lowest BCUT2D eigenvalue weighted by Crippen LogP contribution is -2.13. The highest BCUT2D eigenvalue weighted by molar-refractivity contribution is 14.1. The molecule has 0 aliphatic carbocycles. The second-order valence-corrected chi connectivity index (χ2v) is 9.13. The number of nitriles is 1. The molecule has 35 heavy (non-hydrogen) atoms. The van der Waals surface area contributed by atoms with E-state index in [-0.39, 0.29) is 17.9 Å². The van der Waals surface area contributed by atoms with Gasteiger partial charge in [-0.05, 0) is 99.0 Å². The van der Waals surface area contributed by atoms with Gasteiger partial charge in [0, 0.05) is 23.9 Å². The number of amides is 1. The maximum atomic E-state index is 12.7. The second kappa shape index (κ2) is 12.3. The number of non-ortho nitro benzene ring substituents is 1. The molecule has 1 N–H and O–H groups in total. The van der Waals surface area contributed by atoms with Crippen molar-refractivity contribution < 1.29 is 19.2 Å². The highest BCUT2D eigenvalue weighted by Crippen LogP contribution is 2.33. The predicted octanol–water partition coefficient (Wildman–Crippen LogP) is 6.49. The van der Waals surface area contributed by atoms with Crippen molar-refractivity contribution in [2.75, 3.05) is 11.9 Å². The van der Waals surface area contributed by atoms with Crippen LogP contribution in [0.25, 0.3) is 6.08 Å². The van der Waals surface area contributed by atoms with Crippen molar-refractivity contribution in [3.8, 4) is 17.6 Å². The monoisotopic (exact) mass is 647 g/mol. The van der Waals surface area contributed by atoms with E-state index in [2.05, 4.69) is 43.8 Å². The average Bonchev–Trinajstić information content (AvgIpc) is 2.82. The van der Waals surface area contributed by atoms with Crippen molar-refractivity contribution in [1.29, 1.82) is 5.26 Å². The number of hydrogen-bond acceptors (Lipinski definition) is 6. The molecule has 10 heteroatoms. The Hall–Kier alpha value is -3.43. The van der Waals surface area contributed by atoms with Gasteiger partial charge in [-0.3, -0.25) is 14.9 Å². The molecule has 0 heterocycles. The molecular formula is C25H19BrIN3O5. The lowest BCUT2D eigenvalue weighted by molar-refractivity contribution is -0.384. The third-order valence-electron chi connectivity index (χ3n) is 4.63. The highest BCUT2D eigenvalue weighted by Gasteiger charge is 2.13. The number of benzene rings is 3. The standard InChI is InChI=1S/C25H19BrIN3O5/c1-2-34-21-5-3-4-19(13-21)29-25(31)18(14-28)10-17-11-22(26)24(23(27)12-17)35-15-16-6-8-20(9-7-16)30(32)33/h3-13H,2,15H2,1H3,(H,29,31)/b18-10-. The fraction of sp³-hybridized carbons (Fsp3) is 0.120. The van der Waals surface area contributed by atoms with Crippen LogP contribution in [0.3, 0.4) is 0 Å². The summed E-state index contributed by atoms with van der Waals surface area (Å²) in [6.07, 6.45) is 1.49. The molecule has 0 unspecified atom stereocenters. The second-order valence-electron chi connectivity index (χ2n) is 7.11. The Labute approximate surface area is 224 Å². The zero-order valence-electron chi connectivity index (χ0n) is 18.5. The predicted molar refractivity (Wildman–Crippen MR) is 144 cm³/mol. The van der Waals surface area contributed by atoms with Crippen molar-refractivity contribution in [3.05, 3.63) is 95.5 Å². The molecule has 0 spiro atoms. The summed E-state index contributed by atoms with van der Waals surface area (Å²) in [5, 5.41) is 23.1. The van der Waals surface area contributed by atoms with E-state index in [1.54, 1.807) is 48.5 Å². The molecule has 0 atom stereocenters. The van der Waals surface area contributed by atoms with Gasteiger partial charge in [0.1, 0.15) is 29.7 Å². The summed E-state index contributed by atoms with van der Waals surface area (Å²) in [7, 11) is 0. The minimum Gasteiger partial charge on any atom is -0.494 e. The van der Waals surface area contributed by atoms with E-state index in [9.17, 15) is 20.2 Å². The van der Waals surface area contributed by atoms with E-state index in [1.165, 1.54) is 18.2 Å². The first-order valence-electron chi connectivity index (χ1n) is 10.3. The Morgan fingerprint density at radius 1 is 1.20 bits per heavy atom. The van der Waals surface area contributed by atoms with E-state index in [0.29, 0.717) is 33.8 Å². The number of halogens is 2. The zero-order chi connectivity index (χ0) is 25.4. The molecule has 3 aromatic rings. The summed E-state index contributed by atoms with van der Waals surface area (Å²) < 4.78 is 12.7. The molecule has 0 saturated heterocycles. The Kier molecular flexibility index (Phi) is 9.22. The number of ether oxygens (including phenoxy) is 2. The number of carbonyl (C=O) groups is 1. The van der Waals surface area contributed by atoms with Gasteiger partial charge in [0.15, 0.2) is 0 Å². The molecule has 0 fully saturated rings. The van der Waals surface area contributed by atoms with Crippen LogP contribution in [0, 0.1) is 25.0 Å². The highest BCUT2D eigenvalue weighted by atomic mass is 127. The summed E-state index contributed by atoms with van der Waals surface area (Å²) in [5.74, 6) is 0.665. The van der Waals surface area contributed by atoms with E-state index in [4.69, 9.17) is 9.47 Å². The van der Waals surface area contributed by atoms with Crippen molar-refractivity contribution in [3.63, 3.8) is 0 Å². The first-order chi connectivity index (χ1) is 16.8. The van der Waals surface area contributed by atoms with Crippen molar-refractivity contribution in [1.82, 2.24) is 0 Å². The number of carbonyl (C=O) groups excluding carboxylic acids is 1. The average molecular weight is 648 g/mol. The number of nitro groups is 1. The summed E-state index contributed by atoms with van der Waals surface area (Å²) in [5.41, 5.74) is 1.89. The zero-order valence-corrected chi connectivity index (χ0v) is 22.2. The van der Waals surface area contributed by atoms with Crippen LogP contribution in [-0.4, -0.2) is 17.4 Å². The number of nitro benzene ring substituents is 1. The van der Waals surface area contributed by atoms with Gasteiger partial charge in [-0.15, -0.1) is 0 Å². The Bertz CT molecular complexity index is 1300. The van der Waals surface area contributed by atoms with Crippen LogP contribution in [0.4, 0.5) is 11.4 Å². The van der Waals surface area contributed by atoms with Gasteiger partial charge in [-0.2, -0.15) is 5.26 Å². The maximum absolute atomic E-state index is 12.7. The molecule has 178 valence electrons. The molecule has 3 aromatic carbocycles. The third-order valence-corrected chi connectivity index (χ3v) is 6.02. The van der Waals surface area contributed by atoms with E-state index in [0.717, 1.165) is 9.13 Å². The SMILES string of the molecule is CCOc1cccc(NC(=O)/C(C#N)=C\c2cc(Br)c(OCc3ccc([N+](=O)[O-])cc3)c(I)c2)c1. The van der Waals surface area contributed by atoms with Gasteiger partial charge >= 0.3 is 0 Å². The first-order valence-corrected chi connectivity index (χ1v) is 12.2. The largest absolute Gasteiger partial charge is 0.494 e. The van der Waals surface area contributed by atoms with Crippen LogP contribution in [0.5, 0.6) is 11.5 Å². The van der Waals surface area contributed by atoms with Crippen molar-refractivity contribution in [2.24, 2.45) is 0 Å². The third kappa shape index (κ3) is 7.27. The molecule has 0 radical (unpaired) electrons. The maximum Gasteiger partial charge on any atom is 0.269 e. The van der Waals surface area contributed by atoms with Crippen LogP contribution >= 0.6 is 38.5 Å². The topological polar surface area (TPSA) is 114 Å². The smallest absolute Gasteiger partial charge is 0.269 e. The molecule has 0 aliphatic rings. The van der Waals surface area contributed by atoms with Crippen LogP contribution in [0.2, 0.25) is 0 Å². The van der Waals surface area contributed by atoms with Gasteiger partial charge < -0.3 is 14.8 Å². The molecule has 0 bridgehead atoms. The number of nitrogens with one attached hydrogen (secondary N) is 1. The molecule has 3 rings (SSSR count). The fourth-order valence-corrected chi connectivity index (χ4v) is 4.78. The Balaban J connectivity index is 1.73. The van der Waals surface area contributed by atoms with Gasteiger partial charge in [-0.25, -0.2) is 0 Å². The quantitative estimate of drug-likeness (QED) is 0.0934. The molecule has 8 nitrogen and oxygen atoms in total. The van der Waals surface area contributed by atoms with Crippen LogP contribution in [-0.2, 0) is 11.4 Å². The van der Waals surface area contributed by atoms with E-state index >= 15 is 0 Å². The Morgan fingerprint density at radius 3 is 2.57 bits per heavy atom. The number of anilines is 1. The van der Waals surface area contributed by atoms with E-state index in [1.807, 2.05) is 13.0 Å². The van der Waals surface area contributed by atoms with Crippen LogP contribution < -0.4 is 14.8 Å². The van der Waals surface area contributed by atoms with Crippen molar-refractivity contribution >= 4 is 61.9 Å². The molecule has 0 saturated carbocycles.